The van der Waals surface area contributed by atoms with Gasteiger partial charge in [-0.15, -0.1) is 0 Å². The summed E-state index contributed by atoms with van der Waals surface area (Å²) in [5, 5.41) is 11.8. The maximum Gasteiger partial charge on any atom is 0.221 e. The Morgan fingerprint density at radius 3 is 2.75 bits per heavy atom. The van der Waals surface area contributed by atoms with Gasteiger partial charge in [0.2, 0.25) is 5.91 Å². The van der Waals surface area contributed by atoms with Crippen molar-refractivity contribution in [3.05, 3.63) is 23.2 Å². The van der Waals surface area contributed by atoms with Crippen molar-refractivity contribution in [2.75, 3.05) is 5.32 Å². The van der Waals surface area contributed by atoms with Crippen LogP contribution < -0.4 is 5.32 Å². The molecule has 64 valence electrons. The number of carbonyl (C=O) groups is 1. The number of hydrogen-bond donors (Lipinski definition) is 2. The lowest BCUT2D eigenvalue weighted by atomic mass is 10.3. The molecular formula is C8H8ClNO2. The predicted octanol–water partition coefficient (Wildman–Crippen LogP) is 2.00. The Morgan fingerprint density at radius 1 is 1.58 bits per heavy atom. The summed E-state index contributed by atoms with van der Waals surface area (Å²) in [6.45, 7) is 1.40. The van der Waals surface area contributed by atoms with E-state index in [-0.39, 0.29) is 16.7 Å². The number of phenols is 1. The molecule has 3 nitrogen and oxygen atoms in total. The summed E-state index contributed by atoms with van der Waals surface area (Å²) in [7, 11) is 0. The molecule has 0 radical (unpaired) electrons. The van der Waals surface area contributed by atoms with Crippen LogP contribution in [0.3, 0.4) is 0 Å². The number of anilines is 1. The molecule has 0 saturated carbocycles. The minimum atomic E-state index is -0.170. The predicted molar refractivity (Wildman–Crippen MR) is 47.4 cm³/mol. The smallest absolute Gasteiger partial charge is 0.221 e. The van der Waals surface area contributed by atoms with Gasteiger partial charge < -0.3 is 10.4 Å². The molecule has 4 heteroatoms. The fraction of sp³-hybridized carbons (Fsp3) is 0.125. The van der Waals surface area contributed by atoms with Gasteiger partial charge in [-0.05, 0) is 18.2 Å². The molecular weight excluding hydrogens is 178 g/mol. The Bertz CT molecular complexity index is 312. The van der Waals surface area contributed by atoms with Crippen LogP contribution in [0.5, 0.6) is 5.75 Å². The number of aromatic hydroxyl groups is 1. The molecule has 0 saturated heterocycles. The Balaban J connectivity index is 2.89. The van der Waals surface area contributed by atoms with Crippen molar-refractivity contribution in [1.29, 1.82) is 0 Å². The SMILES string of the molecule is CC(=O)Nc1ccc(O)c(Cl)c1. The van der Waals surface area contributed by atoms with Crippen molar-refractivity contribution < 1.29 is 9.90 Å². The topological polar surface area (TPSA) is 49.3 Å². The molecule has 0 aliphatic rings. The van der Waals surface area contributed by atoms with E-state index in [0.29, 0.717) is 5.69 Å². The monoisotopic (exact) mass is 185 g/mol. The van der Waals surface area contributed by atoms with E-state index in [1.807, 2.05) is 0 Å². The van der Waals surface area contributed by atoms with Gasteiger partial charge in [0.25, 0.3) is 0 Å². The maximum absolute atomic E-state index is 10.6. The van der Waals surface area contributed by atoms with E-state index >= 15 is 0 Å². The Kier molecular flexibility index (Phi) is 2.55. The van der Waals surface area contributed by atoms with E-state index in [9.17, 15) is 4.79 Å². The van der Waals surface area contributed by atoms with E-state index in [4.69, 9.17) is 16.7 Å². The van der Waals surface area contributed by atoms with Crippen LogP contribution in [0.4, 0.5) is 5.69 Å². The molecule has 0 heterocycles. The van der Waals surface area contributed by atoms with Gasteiger partial charge in [0.05, 0.1) is 5.02 Å². The second-order valence-corrected chi connectivity index (χ2v) is 2.75. The lowest BCUT2D eigenvalue weighted by molar-refractivity contribution is -0.114. The maximum atomic E-state index is 10.6. The van der Waals surface area contributed by atoms with Crippen molar-refractivity contribution in [3.8, 4) is 5.75 Å². The average molecular weight is 186 g/mol. The molecule has 0 spiro atoms. The standard InChI is InChI=1S/C8H8ClNO2/c1-5(11)10-6-2-3-8(12)7(9)4-6/h2-4,12H,1H3,(H,10,11). The molecule has 12 heavy (non-hydrogen) atoms. The normalized spacial score (nSPS) is 9.50. The van der Waals surface area contributed by atoms with E-state index < -0.39 is 0 Å². The van der Waals surface area contributed by atoms with Crippen molar-refractivity contribution in [2.45, 2.75) is 6.92 Å². The molecule has 0 aliphatic carbocycles. The van der Waals surface area contributed by atoms with Crippen LogP contribution in [0.2, 0.25) is 5.02 Å². The average Bonchev–Trinajstić information content (AvgIpc) is 1.96. The van der Waals surface area contributed by atoms with E-state index in [2.05, 4.69) is 5.32 Å². The van der Waals surface area contributed by atoms with Crippen LogP contribution in [0.1, 0.15) is 6.92 Å². The number of phenolic OH excluding ortho intramolecular Hbond substituents is 1. The van der Waals surface area contributed by atoms with Gasteiger partial charge in [0.15, 0.2) is 0 Å². The highest BCUT2D eigenvalue weighted by atomic mass is 35.5. The number of rotatable bonds is 1. The van der Waals surface area contributed by atoms with Gasteiger partial charge in [-0.3, -0.25) is 4.79 Å². The molecule has 1 aromatic rings. The summed E-state index contributed by atoms with van der Waals surface area (Å²) >= 11 is 5.60. The highest BCUT2D eigenvalue weighted by Crippen LogP contribution is 2.25. The zero-order valence-corrected chi connectivity index (χ0v) is 7.22. The lowest BCUT2D eigenvalue weighted by Gasteiger charge is -2.02. The minimum Gasteiger partial charge on any atom is -0.506 e. The van der Waals surface area contributed by atoms with Gasteiger partial charge in [-0.1, -0.05) is 11.6 Å². The van der Waals surface area contributed by atoms with Gasteiger partial charge in [0, 0.05) is 12.6 Å². The third kappa shape index (κ3) is 2.13. The fourth-order valence-corrected chi connectivity index (χ4v) is 0.968. The molecule has 1 amide bonds. The fourth-order valence-electron chi connectivity index (χ4n) is 0.788. The zero-order valence-electron chi connectivity index (χ0n) is 6.47. The minimum absolute atomic E-state index is 0.00534. The number of carbonyl (C=O) groups excluding carboxylic acids is 1. The molecule has 0 fully saturated rings. The van der Waals surface area contributed by atoms with Crippen LogP contribution in [-0.4, -0.2) is 11.0 Å². The molecule has 0 aromatic heterocycles. The Hall–Kier alpha value is -1.22. The second kappa shape index (κ2) is 3.45. The number of amides is 1. The van der Waals surface area contributed by atoms with E-state index in [0.717, 1.165) is 0 Å². The molecule has 0 bridgehead atoms. The number of nitrogens with one attached hydrogen (secondary N) is 1. The van der Waals surface area contributed by atoms with Gasteiger partial charge >= 0.3 is 0 Å². The van der Waals surface area contributed by atoms with Crippen LogP contribution in [0.15, 0.2) is 18.2 Å². The Labute approximate surface area is 75.0 Å². The third-order valence-corrected chi connectivity index (χ3v) is 1.57. The molecule has 0 atom stereocenters. The first kappa shape index (κ1) is 8.87. The quantitative estimate of drug-likeness (QED) is 0.658. The van der Waals surface area contributed by atoms with Crippen LogP contribution >= 0.6 is 11.6 Å². The number of hydrogen-bond acceptors (Lipinski definition) is 2. The second-order valence-electron chi connectivity index (χ2n) is 2.35. The largest absolute Gasteiger partial charge is 0.506 e. The zero-order chi connectivity index (χ0) is 9.14. The van der Waals surface area contributed by atoms with Gasteiger partial charge in [-0.2, -0.15) is 0 Å². The summed E-state index contributed by atoms with van der Waals surface area (Å²) < 4.78 is 0. The van der Waals surface area contributed by atoms with Crippen molar-refractivity contribution in [1.82, 2.24) is 0 Å². The van der Waals surface area contributed by atoms with Crippen LogP contribution in [0.25, 0.3) is 0 Å². The summed E-state index contributed by atoms with van der Waals surface area (Å²) in [5.74, 6) is -0.164. The van der Waals surface area contributed by atoms with Gasteiger partial charge in [0.1, 0.15) is 5.75 Å². The molecule has 0 unspecified atom stereocenters. The molecule has 0 aliphatic heterocycles. The molecule has 1 aromatic carbocycles. The van der Waals surface area contributed by atoms with E-state index in [1.54, 1.807) is 6.07 Å². The number of halogens is 1. The van der Waals surface area contributed by atoms with Crippen molar-refractivity contribution in [3.63, 3.8) is 0 Å². The van der Waals surface area contributed by atoms with Gasteiger partial charge in [-0.25, -0.2) is 0 Å². The number of benzene rings is 1. The first-order chi connectivity index (χ1) is 5.59. The van der Waals surface area contributed by atoms with E-state index in [1.165, 1.54) is 19.1 Å². The Morgan fingerprint density at radius 2 is 2.25 bits per heavy atom. The van der Waals surface area contributed by atoms with Crippen molar-refractivity contribution >= 4 is 23.2 Å². The van der Waals surface area contributed by atoms with Crippen molar-refractivity contribution in [2.24, 2.45) is 0 Å². The highest BCUT2D eigenvalue weighted by molar-refractivity contribution is 6.32. The first-order valence-electron chi connectivity index (χ1n) is 3.35. The molecule has 2 N–H and O–H groups in total. The van der Waals surface area contributed by atoms with Crippen LogP contribution in [-0.2, 0) is 4.79 Å². The summed E-state index contributed by atoms with van der Waals surface area (Å²) in [5.41, 5.74) is 0.574. The summed E-state index contributed by atoms with van der Waals surface area (Å²) in [6, 6.07) is 4.48. The van der Waals surface area contributed by atoms with Crippen LogP contribution in [0, 0.1) is 0 Å². The highest BCUT2D eigenvalue weighted by Gasteiger charge is 2.00. The molecule has 1 rings (SSSR count). The summed E-state index contributed by atoms with van der Waals surface area (Å²) in [4.78, 5) is 10.6. The summed E-state index contributed by atoms with van der Waals surface area (Å²) in [6.07, 6.45) is 0. The lowest BCUT2D eigenvalue weighted by Crippen LogP contribution is -2.05. The first-order valence-corrected chi connectivity index (χ1v) is 3.73. The third-order valence-electron chi connectivity index (χ3n) is 1.27.